The lowest BCUT2D eigenvalue weighted by Crippen LogP contribution is -2.81. The summed E-state index contributed by atoms with van der Waals surface area (Å²) < 4.78 is 14.5. The zero-order valence-corrected chi connectivity index (χ0v) is 29.9. The number of esters is 1. The summed E-state index contributed by atoms with van der Waals surface area (Å²) in [5.74, 6) is -1.33. The normalized spacial score (nSPS) is 25.2. The minimum Gasteiger partial charge on any atom is -0.461 e. The second kappa shape index (κ2) is 12.1. The van der Waals surface area contributed by atoms with E-state index in [-0.39, 0.29) is 34.9 Å². The van der Waals surface area contributed by atoms with Gasteiger partial charge in [-0.3, -0.25) is 19.3 Å². The van der Waals surface area contributed by atoms with E-state index in [9.17, 15) is 14.4 Å². The van der Waals surface area contributed by atoms with Crippen molar-refractivity contribution in [1.29, 1.82) is 0 Å². The Kier molecular flexibility index (Phi) is 9.94. The highest BCUT2D eigenvalue weighted by molar-refractivity contribution is 6.80. The van der Waals surface area contributed by atoms with Gasteiger partial charge in [-0.2, -0.15) is 0 Å². The van der Waals surface area contributed by atoms with Gasteiger partial charge in [0.1, 0.15) is 12.0 Å². The van der Waals surface area contributed by atoms with Gasteiger partial charge in [0.05, 0.1) is 24.6 Å². The van der Waals surface area contributed by atoms with Crippen LogP contribution < -0.4 is 0 Å². The third kappa shape index (κ3) is 6.25. The van der Waals surface area contributed by atoms with Gasteiger partial charge in [0.2, 0.25) is 5.91 Å². The van der Waals surface area contributed by atoms with E-state index in [1.165, 1.54) is 6.08 Å². The number of likely N-dealkylation sites (tertiary alicyclic amines) is 1. The predicted octanol–water partition coefficient (Wildman–Crippen LogP) is 6.42. The molecule has 2 saturated heterocycles. The fraction of sp³-hybridized carbons (Fsp3) is 0.667. The summed E-state index contributed by atoms with van der Waals surface area (Å²) in [6, 6.07) is 9.43. The predicted molar refractivity (Wildman–Crippen MR) is 174 cm³/mol. The van der Waals surface area contributed by atoms with Gasteiger partial charge in [-0.15, -0.1) is 0 Å². The van der Waals surface area contributed by atoms with Crippen LogP contribution in [0.4, 0.5) is 0 Å². The summed E-state index contributed by atoms with van der Waals surface area (Å²) in [6.45, 7) is 28.7. The maximum absolute atomic E-state index is 14.5. The Hall–Kier alpha value is -2.08. The van der Waals surface area contributed by atoms with Crippen LogP contribution in [0.2, 0.25) is 36.3 Å². The van der Waals surface area contributed by atoms with E-state index in [1.807, 2.05) is 41.8 Å². The number of rotatable bonds is 10. The zero-order chi connectivity index (χ0) is 31.9. The number of amides is 1. The largest absolute Gasteiger partial charge is 0.461 e. The quantitative estimate of drug-likeness (QED) is 0.0996. The van der Waals surface area contributed by atoms with E-state index >= 15 is 0 Å². The van der Waals surface area contributed by atoms with E-state index < -0.39 is 46.0 Å². The minimum absolute atomic E-state index is 0.00629. The van der Waals surface area contributed by atoms with E-state index in [2.05, 4.69) is 79.2 Å². The van der Waals surface area contributed by atoms with Gasteiger partial charge in [0.25, 0.3) is 0 Å². The molecule has 0 saturated carbocycles. The molecule has 0 aliphatic carbocycles. The number of ketones is 1. The molecule has 0 aromatic heterocycles. The number of nitrogens with zero attached hydrogens (tertiary/aromatic N) is 2. The summed E-state index contributed by atoms with van der Waals surface area (Å²) in [6.07, 6.45) is 1.38. The topological polar surface area (TPSA) is 76.2 Å². The highest BCUT2D eigenvalue weighted by atomic mass is 28.4. The fourth-order valence-corrected chi connectivity index (χ4v) is 9.91. The molecule has 1 aromatic rings. The number of Topliss-reactive ketones (excluding diaryl/α,β-unsaturated/α-hetero) is 1. The first kappa shape index (κ1) is 34.4. The molecule has 9 heteroatoms. The molecule has 7 nitrogen and oxygen atoms in total. The standard InChI is InChI=1S/C33H54N2O5Si2/c1-13-21-39-30(38)33(19-20-34(23-26(33)36)22-25-17-15-14-16-18-25)28-27(24(2)40-42(11,12)32(6,7)8)29(37)35(28)41(9,10)31(3,4)5/h13-18,24,27-28H,1,19-23H2,2-12H3/t24-,27-,28+,33+/m1/s1. The van der Waals surface area contributed by atoms with Gasteiger partial charge in [-0.1, -0.05) is 97.6 Å². The molecule has 0 N–H and O–H groups in total. The van der Waals surface area contributed by atoms with Crippen molar-refractivity contribution < 1.29 is 23.5 Å². The third-order valence-corrected chi connectivity index (χ3v) is 20.5. The summed E-state index contributed by atoms with van der Waals surface area (Å²) in [4.78, 5) is 45.0. The third-order valence-electron chi connectivity index (χ3n) is 10.5. The maximum Gasteiger partial charge on any atom is 0.322 e. The Bertz CT molecular complexity index is 1170. The molecule has 4 atom stereocenters. The van der Waals surface area contributed by atoms with Crippen molar-refractivity contribution >= 4 is 34.2 Å². The number of hydrogen-bond donors (Lipinski definition) is 0. The highest BCUT2D eigenvalue weighted by Crippen LogP contribution is 2.54. The summed E-state index contributed by atoms with van der Waals surface area (Å²) in [7, 11) is -4.75. The Morgan fingerprint density at radius 3 is 2.17 bits per heavy atom. The van der Waals surface area contributed by atoms with Crippen LogP contribution in [0.15, 0.2) is 43.0 Å². The number of ether oxygens (including phenoxy) is 1. The van der Waals surface area contributed by atoms with E-state index in [1.54, 1.807) is 0 Å². The summed E-state index contributed by atoms with van der Waals surface area (Å²) in [5, 5.41) is -0.236. The molecule has 42 heavy (non-hydrogen) atoms. The second-order valence-corrected chi connectivity index (χ2v) is 25.2. The van der Waals surface area contributed by atoms with Gasteiger partial charge in [0.15, 0.2) is 22.3 Å². The van der Waals surface area contributed by atoms with Gasteiger partial charge in [0, 0.05) is 13.1 Å². The molecular weight excluding hydrogens is 561 g/mol. The molecule has 2 aliphatic heterocycles. The van der Waals surface area contributed by atoms with Crippen molar-refractivity contribution in [3.05, 3.63) is 48.6 Å². The van der Waals surface area contributed by atoms with Crippen molar-refractivity contribution in [3.8, 4) is 0 Å². The van der Waals surface area contributed by atoms with Crippen molar-refractivity contribution in [2.75, 3.05) is 19.7 Å². The van der Waals surface area contributed by atoms with Crippen LogP contribution in [0.3, 0.4) is 0 Å². The van der Waals surface area contributed by atoms with Gasteiger partial charge < -0.3 is 13.7 Å². The highest BCUT2D eigenvalue weighted by Gasteiger charge is 2.70. The Balaban J connectivity index is 2.11. The first-order valence-electron chi connectivity index (χ1n) is 15.3. The average Bonchev–Trinajstić information content (AvgIpc) is 2.85. The van der Waals surface area contributed by atoms with E-state index in [4.69, 9.17) is 9.16 Å². The van der Waals surface area contributed by atoms with Crippen LogP contribution in [-0.2, 0) is 30.1 Å². The fourth-order valence-electron chi connectivity index (χ4n) is 5.98. The molecule has 3 rings (SSSR count). The SMILES string of the molecule is C=CCOC(=O)[C@@]1([C@@H]2[C@@H]([C@@H](C)O[Si](C)(C)C(C)(C)C)C(=O)N2[Si](C)(C)C(C)(C)C)CCN(Cc2ccccc2)CC1=O. The smallest absolute Gasteiger partial charge is 0.322 e. The van der Waals surface area contributed by atoms with Crippen LogP contribution in [0.1, 0.15) is 60.5 Å². The van der Waals surface area contributed by atoms with Gasteiger partial charge in [-0.25, -0.2) is 0 Å². The molecular formula is C33H54N2O5Si2. The first-order chi connectivity index (χ1) is 19.2. The Morgan fingerprint density at radius 2 is 1.67 bits per heavy atom. The van der Waals surface area contributed by atoms with Crippen LogP contribution >= 0.6 is 0 Å². The van der Waals surface area contributed by atoms with E-state index in [0.29, 0.717) is 19.5 Å². The number of β-lactam (4-membered cyclic amide) rings is 1. The first-order valence-corrected chi connectivity index (χ1v) is 21.2. The number of hydrogen-bond acceptors (Lipinski definition) is 6. The lowest BCUT2D eigenvalue weighted by molar-refractivity contribution is -0.184. The average molecular weight is 615 g/mol. The van der Waals surface area contributed by atoms with Gasteiger partial charge >= 0.3 is 5.97 Å². The molecule has 2 heterocycles. The van der Waals surface area contributed by atoms with Crippen LogP contribution in [0.25, 0.3) is 0 Å². The zero-order valence-electron chi connectivity index (χ0n) is 27.9. The van der Waals surface area contributed by atoms with Crippen LogP contribution in [0, 0.1) is 11.3 Å². The number of piperidine rings is 1. The molecule has 234 valence electrons. The minimum atomic E-state index is -2.50. The summed E-state index contributed by atoms with van der Waals surface area (Å²) in [5.41, 5.74) is -0.349. The molecule has 1 aromatic carbocycles. The number of benzene rings is 1. The second-order valence-electron chi connectivity index (χ2n) is 15.3. The molecule has 0 unspecified atom stereocenters. The molecule has 1 amide bonds. The number of carbonyl (C=O) groups excluding carboxylic acids is 3. The Morgan fingerprint density at radius 1 is 1.07 bits per heavy atom. The number of carbonyl (C=O) groups is 3. The Labute approximate surface area is 256 Å². The maximum atomic E-state index is 14.5. The van der Waals surface area contributed by atoms with Gasteiger partial charge in [-0.05, 0) is 42.1 Å². The van der Waals surface area contributed by atoms with Crippen LogP contribution in [0.5, 0.6) is 0 Å². The van der Waals surface area contributed by atoms with Crippen LogP contribution in [-0.4, -0.2) is 75.5 Å². The molecule has 0 radical (unpaired) electrons. The molecule has 0 bridgehead atoms. The van der Waals surface area contributed by atoms with Crippen molar-refractivity contribution in [2.45, 2.75) is 110 Å². The molecule has 0 spiro atoms. The lowest BCUT2D eigenvalue weighted by atomic mass is 9.62. The monoisotopic (exact) mass is 614 g/mol. The van der Waals surface area contributed by atoms with E-state index in [0.717, 1.165) is 5.56 Å². The van der Waals surface area contributed by atoms with Crippen molar-refractivity contribution in [1.82, 2.24) is 9.47 Å². The van der Waals surface area contributed by atoms with Crippen molar-refractivity contribution in [3.63, 3.8) is 0 Å². The lowest BCUT2D eigenvalue weighted by Gasteiger charge is -2.64. The molecule has 2 aliphatic rings. The molecule has 2 fully saturated rings. The van der Waals surface area contributed by atoms with Crippen molar-refractivity contribution in [2.24, 2.45) is 11.3 Å². The summed E-state index contributed by atoms with van der Waals surface area (Å²) >= 11 is 0.